The Bertz CT molecular complexity index is 306. The summed E-state index contributed by atoms with van der Waals surface area (Å²) in [7, 11) is 1.44. The van der Waals surface area contributed by atoms with Crippen molar-refractivity contribution in [2.75, 3.05) is 7.11 Å². The minimum absolute atomic E-state index is 0.107. The minimum atomic E-state index is -1.01. The number of carboxylic acid groups (broad SMARTS) is 1. The van der Waals surface area contributed by atoms with Gasteiger partial charge >= 0.3 is 5.97 Å². The fourth-order valence-electron chi connectivity index (χ4n) is 1.11. The van der Waals surface area contributed by atoms with Gasteiger partial charge in [0, 0.05) is 6.54 Å². The first-order valence-electron chi connectivity index (χ1n) is 4.03. The van der Waals surface area contributed by atoms with Gasteiger partial charge in [-0.1, -0.05) is 6.92 Å². The number of hydrogen-bond acceptors (Lipinski definition) is 3. The predicted molar refractivity (Wildman–Crippen MR) is 46.0 cm³/mol. The van der Waals surface area contributed by atoms with E-state index in [0.717, 1.165) is 6.42 Å². The van der Waals surface area contributed by atoms with Crippen molar-refractivity contribution in [3.63, 3.8) is 0 Å². The summed E-state index contributed by atoms with van der Waals surface area (Å²) in [5.74, 6) is -0.700. The van der Waals surface area contributed by atoms with Crippen LogP contribution in [0.1, 0.15) is 23.7 Å². The van der Waals surface area contributed by atoms with Crippen LogP contribution in [0.2, 0.25) is 0 Å². The first-order valence-corrected chi connectivity index (χ1v) is 4.03. The third-order valence-electron chi connectivity index (χ3n) is 1.65. The van der Waals surface area contributed by atoms with Gasteiger partial charge in [0.05, 0.1) is 13.3 Å². The lowest BCUT2D eigenvalue weighted by atomic mass is 10.3. The van der Waals surface area contributed by atoms with Gasteiger partial charge in [0.1, 0.15) is 5.56 Å². The molecular weight excluding hydrogens is 172 g/mol. The van der Waals surface area contributed by atoms with Crippen molar-refractivity contribution in [2.45, 2.75) is 19.9 Å². The number of carbonyl (C=O) groups is 1. The van der Waals surface area contributed by atoms with E-state index in [1.807, 2.05) is 6.92 Å². The molecule has 0 radical (unpaired) electrons. The predicted octanol–water partition coefficient (Wildman–Crippen LogP) is 1.000. The molecule has 0 spiro atoms. The van der Waals surface area contributed by atoms with Crippen LogP contribution < -0.4 is 4.74 Å². The number of nitrogens with zero attached hydrogens (tertiary/aromatic N) is 2. The van der Waals surface area contributed by atoms with Gasteiger partial charge in [-0.15, -0.1) is 0 Å². The van der Waals surface area contributed by atoms with Crippen molar-refractivity contribution in [1.82, 2.24) is 9.78 Å². The van der Waals surface area contributed by atoms with Crippen molar-refractivity contribution in [2.24, 2.45) is 0 Å². The molecule has 0 bridgehead atoms. The number of aromatic nitrogens is 2. The molecule has 5 heteroatoms. The molecule has 0 aliphatic carbocycles. The summed E-state index contributed by atoms with van der Waals surface area (Å²) in [5.41, 5.74) is 0.107. The van der Waals surface area contributed by atoms with E-state index in [0.29, 0.717) is 12.4 Å². The maximum absolute atomic E-state index is 10.7. The molecule has 1 aromatic heterocycles. The van der Waals surface area contributed by atoms with E-state index in [1.165, 1.54) is 13.3 Å². The van der Waals surface area contributed by atoms with Gasteiger partial charge in [0.15, 0.2) is 0 Å². The van der Waals surface area contributed by atoms with Crippen LogP contribution >= 0.6 is 0 Å². The zero-order valence-corrected chi connectivity index (χ0v) is 7.65. The second-order valence-corrected chi connectivity index (χ2v) is 2.60. The topological polar surface area (TPSA) is 64.4 Å². The van der Waals surface area contributed by atoms with Gasteiger partial charge in [-0.05, 0) is 6.42 Å². The molecule has 0 aromatic carbocycles. The third kappa shape index (κ3) is 1.80. The van der Waals surface area contributed by atoms with Crippen LogP contribution in [0.3, 0.4) is 0 Å². The summed E-state index contributed by atoms with van der Waals surface area (Å²) in [6, 6.07) is 0. The number of aryl methyl sites for hydroxylation is 1. The maximum atomic E-state index is 10.7. The monoisotopic (exact) mass is 184 g/mol. The molecule has 1 aromatic rings. The Morgan fingerprint density at radius 1 is 1.77 bits per heavy atom. The number of aromatic carboxylic acids is 1. The fraction of sp³-hybridized carbons (Fsp3) is 0.500. The Hall–Kier alpha value is -1.52. The molecule has 0 unspecified atom stereocenters. The summed E-state index contributed by atoms with van der Waals surface area (Å²) in [6.07, 6.45) is 2.19. The normalized spacial score (nSPS) is 10.0. The van der Waals surface area contributed by atoms with E-state index in [4.69, 9.17) is 9.84 Å². The van der Waals surface area contributed by atoms with Crippen LogP contribution in [0.4, 0.5) is 0 Å². The molecule has 5 nitrogen and oxygen atoms in total. The van der Waals surface area contributed by atoms with Gasteiger partial charge in [-0.25, -0.2) is 9.48 Å². The highest BCUT2D eigenvalue weighted by Crippen LogP contribution is 2.17. The lowest BCUT2D eigenvalue weighted by Gasteiger charge is -2.04. The van der Waals surface area contributed by atoms with Gasteiger partial charge in [-0.2, -0.15) is 5.10 Å². The average molecular weight is 184 g/mol. The smallest absolute Gasteiger partial charge is 0.342 e. The molecule has 0 saturated carbocycles. The van der Waals surface area contributed by atoms with E-state index < -0.39 is 5.97 Å². The molecule has 1 N–H and O–H groups in total. The first-order chi connectivity index (χ1) is 6.20. The molecule has 1 rings (SSSR count). The quantitative estimate of drug-likeness (QED) is 0.758. The highest BCUT2D eigenvalue weighted by atomic mass is 16.5. The van der Waals surface area contributed by atoms with E-state index in [1.54, 1.807) is 4.68 Å². The highest BCUT2D eigenvalue weighted by molar-refractivity contribution is 5.89. The van der Waals surface area contributed by atoms with Gasteiger partial charge in [0.25, 0.3) is 0 Å². The molecule has 0 aliphatic heterocycles. The molecule has 72 valence electrons. The summed E-state index contributed by atoms with van der Waals surface area (Å²) >= 11 is 0. The van der Waals surface area contributed by atoms with Crippen molar-refractivity contribution < 1.29 is 14.6 Å². The molecule has 0 saturated heterocycles. The lowest BCUT2D eigenvalue weighted by molar-refractivity contribution is 0.0693. The molecule has 0 amide bonds. The first kappa shape index (κ1) is 9.57. The van der Waals surface area contributed by atoms with Crippen LogP contribution in [-0.4, -0.2) is 28.0 Å². The summed E-state index contributed by atoms with van der Waals surface area (Å²) in [5, 5.41) is 12.7. The standard InChI is InChI=1S/C8H12N2O3/c1-3-4-10-7(13-2)6(5-9-10)8(11)12/h5H,3-4H2,1-2H3,(H,11,12). The zero-order chi connectivity index (χ0) is 9.84. The van der Waals surface area contributed by atoms with Crippen LogP contribution in [-0.2, 0) is 6.54 Å². The molecule has 0 atom stereocenters. The van der Waals surface area contributed by atoms with Crippen molar-refractivity contribution in [3.05, 3.63) is 11.8 Å². The van der Waals surface area contributed by atoms with Gasteiger partial charge in [0.2, 0.25) is 5.88 Å². The number of hydrogen-bond donors (Lipinski definition) is 1. The lowest BCUT2D eigenvalue weighted by Crippen LogP contribution is -2.04. The van der Waals surface area contributed by atoms with Crippen LogP contribution in [0.15, 0.2) is 6.20 Å². The molecule has 0 fully saturated rings. The van der Waals surface area contributed by atoms with Crippen molar-refractivity contribution in [1.29, 1.82) is 0 Å². The molecular formula is C8H12N2O3. The largest absolute Gasteiger partial charge is 0.481 e. The van der Waals surface area contributed by atoms with E-state index in [-0.39, 0.29) is 5.56 Å². The minimum Gasteiger partial charge on any atom is -0.481 e. The summed E-state index contributed by atoms with van der Waals surface area (Å²) in [6.45, 7) is 2.65. The van der Waals surface area contributed by atoms with E-state index >= 15 is 0 Å². The van der Waals surface area contributed by atoms with Crippen molar-refractivity contribution >= 4 is 5.97 Å². The van der Waals surface area contributed by atoms with Crippen LogP contribution in [0.25, 0.3) is 0 Å². The van der Waals surface area contributed by atoms with Crippen LogP contribution in [0.5, 0.6) is 5.88 Å². The van der Waals surface area contributed by atoms with Crippen LogP contribution in [0, 0.1) is 0 Å². The SMILES string of the molecule is CCCn1ncc(C(=O)O)c1OC. The maximum Gasteiger partial charge on any atom is 0.342 e. The third-order valence-corrected chi connectivity index (χ3v) is 1.65. The van der Waals surface area contributed by atoms with Gasteiger partial charge in [-0.3, -0.25) is 0 Å². The van der Waals surface area contributed by atoms with Crippen molar-refractivity contribution in [3.8, 4) is 5.88 Å². The summed E-state index contributed by atoms with van der Waals surface area (Å²) in [4.78, 5) is 10.7. The average Bonchev–Trinajstić information content (AvgIpc) is 2.48. The van der Waals surface area contributed by atoms with Gasteiger partial charge < -0.3 is 9.84 Å². The zero-order valence-electron chi connectivity index (χ0n) is 7.65. The van der Waals surface area contributed by atoms with E-state index in [9.17, 15) is 4.79 Å². The van der Waals surface area contributed by atoms with E-state index in [2.05, 4.69) is 5.10 Å². The molecule has 1 heterocycles. The Morgan fingerprint density at radius 2 is 2.46 bits per heavy atom. The fourth-order valence-corrected chi connectivity index (χ4v) is 1.11. The second kappa shape index (κ2) is 3.93. The number of rotatable bonds is 4. The Labute approximate surface area is 75.9 Å². The number of carboxylic acids is 1. The number of methoxy groups -OCH3 is 1. The Morgan fingerprint density at radius 3 is 2.92 bits per heavy atom. The highest BCUT2D eigenvalue weighted by Gasteiger charge is 2.16. The molecule has 0 aliphatic rings. The molecule has 13 heavy (non-hydrogen) atoms. The Balaban J connectivity index is 3.03. The summed E-state index contributed by atoms with van der Waals surface area (Å²) < 4.78 is 6.50. The second-order valence-electron chi connectivity index (χ2n) is 2.60. The Kier molecular flexibility index (Phi) is 2.89. The number of ether oxygens (including phenoxy) is 1.